The van der Waals surface area contributed by atoms with Gasteiger partial charge in [0.05, 0.1) is 5.69 Å². The molecule has 2 nitrogen and oxygen atoms in total. The van der Waals surface area contributed by atoms with Gasteiger partial charge in [0.2, 0.25) is 0 Å². The quantitative estimate of drug-likeness (QED) is 0.704. The highest BCUT2D eigenvalue weighted by Crippen LogP contribution is 2.23. The van der Waals surface area contributed by atoms with E-state index < -0.39 is 6.36 Å². The first-order valence-electron chi connectivity index (χ1n) is 4.16. The molecule has 0 fully saturated rings. The van der Waals surface area contributed by atoms with Crippen LogP contribution in [0.15, 0.2) is 18.3 Å². The van der Waals surface area contributed by atoms with Crippen LogP contribution in [0.25, 0.3) is 0 Å². The molecule has 0 unspecified atom stereocenters. The molecule has 0 spiro atoms. The molecule has 0 saturated heterocycles. The molecule has 0 bridgehead atoms. The normalized spacial score (nSPS) is 10.1. The van der Waals surface area contributed by atoms with Gasteiger partial charge in [0.1, 0.15) is 0 Å². The predicted octanol–water partition coefficient (Wildman–Crippen LogP) is 3.31. The number of rotatable bonds is 1. The average molecular weight is 207 g/mol. The fourth-order valence-corrected chi connectivity index (χ4v) is 0.702. The van der Waals surface area contributed by atoms with Gasteiger partial charge < -0.3 is 4.74 Å². The minimum absolute atomic E-state index is 0.217. The van der Waals surface area contributed by atoms with E-state index in [1.807, 2.05) is 13.8 Å². The van der Waals surface area contributed by atoms with Crippen LogP contribution in [-0.2, 0) is 0 Å². The van der Waals surface area contributed by atoms with E-state index in [1.165, 1.54) is 25.3 Å². The molecule has 0 N–H and O–H groups in total. The Kier molecular flexibility index (Phi) is 4.97. The Hall–Kier alpha value is -1.26. The topological polar surface area (TPSA) is 22.1 Å². The Morgan fingerprint density at radius 3 is 2.29 bits per heavy atom. The summed E-state index contributed by atoms with van der Waals surface area (Å²) in [6.45, 7) is 5.45. The zero-order valence-electron chi connectivity index (χ0n) is 8.22. The number of aromatic nitrogens is 1. The number of hydrogen-bond acceptors (Lipinski definition) is 2. The molecule has 0 aromatic carbocycles. The van der Waals surface area contributed by atoms with Gasteiger partial charge in [-0.15, -0.1) is 13.2 Å². The maximum Gasteiger partial charge on any atom is 0.573 e. The van der Waals surface area contributed by atoms with E-state index in [2.05, 4.69) is 9.72 Å². The summed E-state index contributed by atoms with van der Waals surface area (Å²) in [5.74, 6) is -0.259. The number of pyridine rings is 1. The van der Waals surface area contributed by atoms with E-state index in [9.17, 15) is 13.2 Å². The van der Waals surface area contributed by atoms with Crippen LogP contribution >= 0.6 is 0 Å². The smallest absolute Gasteiger partial charge is 0.404 e. The molecule has 14 heavy (non-hydrogen) atoms. The van der Waals surface area contributed by atoms with Gasteiger partial charge in [0, 0.05) is 6.20 Å². The lowest BCUT2D eigenvalue weighted by atomic mass is 10.3. The van der Waals surface area contributed by atoms with Gasteiger partial charge in [0.15, 0.2) is 5.75 Å². The molecule has 0 aliphatic rings. The van der Waals surface area contributed by atoms with Crippen LogP contribution in [0.3, 0.4) is 0 Å². The fraction of sp³-hybridized carbons (Fsp3) is 0.444. The molecule has 0 amide bonds. The van der Waals surface area contributed by atoms with Crippen molar-refractivity contribution >= 4 is 0 Å². The monoisotopic (exact) mass is 207 g/mol. The highest BCUT2D eigenvalue weighted by Gasteiger charge is 2.31. The highest BCUT2D eigenvalue weighted by molar-refractivity contribution is 5.25. The van der Waals surface area contributed by atoms with Crippen molar-refractivity contribution in [3.8, 4) is 5.75 Å². The minimum Gasteiger partial charge on any atom is -0.404 e. The zero-order valence-corrected chi connectivity index (χ0v) is 8.22. The van der Waals surface area contributed by atoms with Crippen molar-refractivity contribution in [1.29, 1.82) is 0 Å². The summed E-state index contributed by atoms with van der Waals surface area (Å²) in [5.41, 5.74) is 0.217. The second-order valence-electron chi connectivity index (χ2n) is 2.13. The summed E-state index contributed by atoms with van der Waals surface area (Å²) < 4.78 is 38.7. The summed E-state index contributed by atoms with van der Waals surface area (Å²) in [4.78, 5) is 3.64. The Labute approximate surface area is 80.7 Å². The maximum atomic E-state index is 11.7. The van der Waals surface area contributed by atoms with Crippen LogP contribution in [0.1, 0.15) is 19.5 Å². The Bertz CT molecular complexity index is 273. The highest BCUT2D eigenvalue weighted by atomic mass is 19.4. The zero-order chi connectivity index (χ0) is 11.2. The molecule has 5 heteroatoms. The van der Waals surface area contributed by atoms with Crippen molar-refractivity contribution in [2.24, 2.45) is 0 Å². The number of hydrogen-bond donors (Lipinski definition) is 0. The van der Waals surface area contributed by atoms with Crippen molar-refractivity contribution < 1.29 is 17.9 Å². The first-order valence-corrected chi connectivity index (χ1v) is 4.16. The molecule has 1 aromatic rings. The van der Waals surface area contributed by atoms with Gasteiger partial charge in [0.25, 0.3) is 0 Å². The molecule has 1 aromatic heterocycles. The number of nitrogens with zero attached hydrogens (tertiary/aromatic N) is 1. The molecule has 0 radical (unpaired) electrons. The largest absolute Gasteiger partial charge is 0.573 e. The predicted molar refractivity (Wildman–Crippen MR) is 47.0 cm³/mol. The van der Waals surface area contributed by atoms with Crippen molar-refractivity contribution in [3.05, 3.63) is 24.0 Å². The summed E-state index contributed by atoms with van der Waals surface area (Å²) in [5, 5.41) is 0. The number of halogens is 3. The second-order valence-corrected chi connectivity index (χ2v) is 2.13. The summed E-state index contributed by atoms with van der Waals surface area (Å²) in [7, 11) is 0. The van der Waals surface area contributed by atoms with Crippen LogP contribution in [-0.4, -0.2) is 11.3 Å². The van der Waals surface area contributed by atoms with E-state index in [0.29, 0.717) is 0 Å². The Balaban J connectivity index is 0.000000791. The Morgan fingerprint density at radius 1 is 1.29 bits per heavy atom. The molecular formula is C9H12F3NO. The number of aryl methyl sites for hydroxylation is 1. The summed E-state index contributed by atoms with van der Waals surface area (Å²) >= 11 is 0. The summed E-state index contributed by atoms with van der Waals surface area (Å²) in [6, 6.07) is 2.60. The van der Waals surface area contributed by atoms with Crippen LogP contribution in [0.4, 0.5) is 13.2 Å². The average Bonchev–Trinajstić information content (AvgIpc) is 2.10. The Morgan fingerprint density at radius 2 is 1.86 bits per heavy atom. The summed E-state index contributed by atoms with van der Waals surface area (Å²) in [6.07, 6.45) is -3.24. The lowest BCUT2D eigenvalue weighted by Gasteiger charge is -2.09. The van der Waals surface area contributed by atoms with E-state index >= 15 is 0 Å². The van der Waals surface area contributed by atoms with Crippen molar-refractivity contribution in [2.75, 3.05) is 0 Å². The minimum atomic E-state index is -4.65. The molecule has 1 rings (SSSR count). The van der Waals surface area contributed by atoms with Crippen molar-refractivity contribution in [2.45, 2.75) is 27.1 Å². The van der Waals surface area contributed by atoms with Gasteiger partial charge in [-0.2, -0.15) is 0 Å². The van der Waals surface area contributed by atoms with Crippen molar-refractivity contribution in [3.63, 3.8) is 0 Å². The third kappa shape index (κ3) is 4.69. The number of alkyl halides is 3. The fourth-order valence-electron chi connectivity index (χ4n) is 0.702. The third-order valence-corrected chi connectivity index (χ3v) is 1.18. The first-order chi connectivity index (χ1) is 6.49. The first kappa shape index (κ1) is 12.7. The molecule has 80 valence electrons. The lowest BCUT2D eigenvalue weighted by molar-refractivity contribution is -0.275. The molecule has 0 aliphatic heterocycles. The van der Waals surface area contributed by atoms with E-state index in [0.717, 1.165) is 0 Å². The van der Waals surface area contributed by atoms with Crippen LogP contribution in [0.2, 0.25) is 0 Å². The number of ether oxygens (including phenoxy) is 1. The van der Waals surface area contributed by atoms with Crippen LogP contribution in [0, 0.1) is 6.92 Å². The standard InChI is InChI=1S/C7H6F3NO.C2H6/c1-5-6(3-2-4-11-5)12-7(8,9)10;1-2/h2-4H,1H3;1-2H3. The van der Waals surface area contributed by atoms with Gasteiger partial charge in [-0.1, -0.05) is 13.8 Å². The van der Waals surface area contributed by atoms with Crippen molar-refractivity contribution in [1.82, 2.24) is 4.98 Å². The van der Waals surface area contributed by atoms with E-state index in [1.54, 1.807) is 0 Å². The SMILES string of the molecule is CC.Cc1ncccc1OC(F)(F)F. The van der Waals surface area contributed by atoms with Gasteiger partial charge >= 0.3 is 6.36 Å². The van der Waals surface area contributed by atoms with E-state index in [4.69, 9.17) is 0 Å². The molecule has 0 saturated carbocycles. The second kappa shape index (κ2) is 5.47. The maximum absolute atomic E-state index is 11.7. The molecular weight excluding hydrogens is 195 g/mol. The van der Waals surface area contributed by atoms with Gasteiger partial charge in [-0.3, -0.25) is 4.98 Å². The van der Waals surface area contributed by atoms with Gasteiger partial charge in [-0.05, 0) is 19.1 Å². The van der Waals surface area contributed by atoms with Gasteiger partial charge in [-0.25, -0.2) is 0 Å². The van der Waals surface area contributed by atoms with Crippen LogP contribution < -0.4 is 4.74 Å². The lowest BCUT2D eigenvalue weighted by Crippen LogP contribution is -2.17. The molecule has 0 aliphatic carbocycles. The molecule has 0 atom stereocenters. The molecule has 1 heterocycles. The third-order valence-electron chi connectivity index (χ3n) is 1.18. The van der Waals surface area contributed by atoms with E-state index in [-0.39, 0.29) is 11.4 Å². The van der Waals surface area contributed by atoms with Crippen LogP contribution in [0.5, 0.6) is 5.75 Å².